The van der Waals surface area contributed by atoms with Crippen LogP contribution in [0, 0.1) is 5.92 Å². The normalized spacial score (nSPS) is 19.6. The maximum Gasteiger partial charge on any atom is 0.416 e. The summed E-state index contributed by atoms with van der Waals surface area (Å²) in [4.78, 5) is 15.5. The zero-order chi connectivity index (χ0) is 20.0. The summed E-state index contributed by atoms with van der Waals surface area (Å²) in [6.45, 7) is 0. The first-order valence-corrected chi connectivity index (χ1v) is 9.78. The molecule has 2 unspecified atom stereocenters. The first kappa shape index (κ1) is 19.9. The number of benzene rings is 1. The van der Waals surface area contributed by atoms with Crippen LogP contribution in [0.2, 0.25) is 10.2 Å². The van der Waals surface area contributed by atoms with Crippen molar-refractivity contribution < 1.29 is 26.4 Å². The molecule has 2 atom stereocenters. The standard InChI is InChI=1S/C16H11Cl2F3N2O3S/c17-13-5-10(7-22-14(13)18)27(25,26)23-15(24)12-6-11(12)8-2-1-3-9(4-8)16(19,20)21/h1-5,7,11-12H,6H2,(H,23,24). The van der Waals surface area contributed by atoms with Gasteiger partial charge < -0.3 is 0 Å². The minimum atomic E-state index is -4.49. The number of halogens is 5. The maximum atomic E-state index is 12.8. The van der Waals surface area contributed by atoms with E-state index in [1.54, 1.807) is 0 Å². The molecule has 0 radical (unpaired) electrons. The van der Waals surface area contributed by atoms with Gasteiger partial charge in [0.15, 0.2) is 0 Å². The Morgan fingerprint density at radius 3 is 2.56 bits per heavy atom. The molecule has 1 fully saturated rings. The Balaban J connectivity index is 1.72. The molecule has 2 aromatic rings. The van der Waals surface area contributed by atoms with Gasteiger partial charge in [0.05, 0.1) is 10.6 Å². The number of rotatable bonds is 4. The molecular weight excluding hydrogens is 428 g/mol. The van der Waals surface area contributed by atoms with E-state index in [4.69, 9.17) is 23.2 Å². The summed E-state index contributed by atoms with van der Waals surface area (Å²) >= 11 is 11.3. The van der Waals surface area contributed by atoms with Gasteiger partial charge in [0, 0.05) is 12.1 Å². The largest absolute Gasteiger partial charge is 0.416 e. The molecule has 1 N–H and O–H groups in total. The predicted molar refractivity (Wildman–Crippen MR) is 91.9 cm³/mol. The Hall–Kier alpha value is -1.84. The summed E-state index contributed by atoms with van der Waals surface area (Å²) in [5.74, 6) is -2.02. The summed E-state index contributed by atoms with van der Waals surface area (Å²) < 4.78 is 64.8. The average Bonchev–Trinajstić information content (AvgIpc) is 3.37. The van der Waals surface area contributed by atoms with Crippen molar-refractivity contribution in [1.82, 2.24) is 9.71 Å². The van der Waals surface area contributed by atoms with Gasteiger partial charge in [-0.2, -0.15) is 13.2 Å². The number of amides is 1. The van der Waals surface area contributed by atoms with Gasteiger partial charge in [-0.3, -0.25) is 4.79 Å². The number of sulfonamides is 1. The van der Waals surface area contributed by atoms with E-state index in [1.807, 2.05) is 4.72 Å². The van der Waals surface area contributed by atoms with Gasteiger partial charge in [-0.1, -0.05) is 41.4 Å². The van der Waals surface area contributed by atoms with Crippen molar-refractivity contribution in [3.63, 3.8) is 0 Å². The third-order valence-corrected chi connectivity index (χ3v) is 6.09. The van der Waals surface area contributed by atoms with Crippen LogP contribution in [-0.2, 0) is 21.0 Å². The molecule has 5 nitrogen and oxygen atoms in total. The molecule has 1 aromatic carbocycles. The Bertz CT molecular complexity index is 1010. The van der Waals surface area contributed by atoms with Gasteiger partial charge in [0.2, 0.25) is 5.91 Å². The van der Waals surface area contributed by atoms with Crippen molar-refractivity contribution in [3.05, 3.63) is 57.8 Å². The number of hydrogen-bond acceptors (Lipinski definition) is 4. The minimum absolute atomic E-state index is 0.0891. The van der Waals surface area contributed by atoms with Crippen LogP contribution in [0.25, 0.3) is 0 Å². The van der Waals surface area contributed by atoms with Gasteiger partial charge in [-0.25, -0.2) is 18.1 Å². The molecule has 1 heterocycles. The third-order valence-electron chi connectivity index (χ3n) is 4.09. The van der Waals surface area contributed by atoms with Gasteiger partial charge in [-0.05, 0) is 30.0 Å². The molecule has 0 spiro atoms. The second kappa shape index (κ2) is 6.96. The van der Waals surface area contributed by atoms with E-state index < -0.39 is 39.5 Å². The molecule has 1 aliphatic carbocycles. The highest BCUT2D eigenvalue weighted by Gasteiger charge is 2.46. The van der Waals surface area contributed by atoms with Crippen molar-refractivity contribution in [2.24, 2.45) is 5.92 Å². The Kier molecular flexibility index (Phi) is 5.13. The van der Waals surface area contributed by atoms with Gasteiger partial charge in [0.25, 0.3) is 10.0 Å². The Morgan fingerprint density at radius 2 is 1.93 bits per heavy atom. The minimum Gasteiger partial charge on any atom is -0.274 e. The lowest BCUT2D eigenvalue weighted by Gasteiger charge is -2.09. The molecule has 1 amide bonds. The Morgan fingerprint density at radius 1 is 1.22 bits per heavy atom. The highest BCUT2D eigenvalue weighted by atomic mass is 35.5. The molecule has 3 rings (SSSR count). The van der Waals surface area contributed by atoms with Crippen LogP contribution < -0.4 is 4.72 Å². The highest BCUT2D eigenvalue weighted by molar-refractivity contribution is 7.90. The maximum absolute atomic E-state index is 12.8. The van der Waals surface area contributed by atoms with E-state index in [9.17, 15) is 26.4 Å². The number of hydrogen-bond donors (Lipinski definition) is 1. The smallest absolute Gasteiger partial charge is 0.274 e. The van der Waals surface area contributed by atoms with Crippen molar-refractivity contribution in [1.29, 1.82) is 0 Å². The number of alkyl halides is 3. The fourth-order valence-electron chi connectivity index (χ4n) is 2.62. The number of aromatic nitrogens is 1. The predicted octanol–water partition coefficient (Wildman–Crippen LogP) is 4.02. The molecule has 0 bridgehead atoms. The molecule has 0 saturated heterocycles. The van der Waals surface area contributed by atoms with Crippen molar-refractivity contribution in [2.45, 2.75) is 23.4 Å². The monoisotopic (exact) mass is 438 g/mol. The van der Waals surface area contributed by atoms with Crippen LogP contribution in [0.4, 0.5) is 13.2 Å². The SMILES string of the molecule is O=C(NS(=O)(=O)c1cnc(Cl)c(Cl)c1)C1CC1c1cccc(C(F)(F)F)c1. The van der Waals surface area contributed by atoms with E-state index in [-0.39, 0.29) is 21.5 Å². The molecule has 1 saturated carbocycles. The third kappa shape index (κ3) is 4.36. The summed E-state index contributed by atoms with van der Waals surface area (Å²) in [5.41, 5.74) is -0.487. The molecular formula is C16H11Cl2F3N2O3S. The second-order valence-electron chi connectivity index (χ2n) is 5.99. The van der Waals surface area contributed by atoms with Gasteiger partial charge in [-0.15, -0.1) is 0 Å². The molecule has 144 valence electrons. The van der Waals surface area contributed by atoms with E-state index in [1.165, 1.54) is 12.1 Å². The Labute approximate surface area is 162 Å². The van der Waals surface area contributed by atoms with E-state index >= 15 is 0 Å². The molecule has 1 aliphatic rings. The van der Waals surface area contributed by atoms with Gasteiger partial charge in [0.1, 0.15) is 10.0 Å². The lowest BCUT2D eigenvalue weighted by molar-refractivity contribution is -0.137. The zero-order valence-corrected chi connectivity index (χ0v) is 15.6. The van der Waals surface area contributed by atoms with Crippen molar-refractivity contribution in [3.8, 4) is 0 Å². The first-order valence-electron chi connectivity index (χ1n) is 7.54. The summed E-state index contributed by atoms with van der Waals surface area (Å²) in [7, 11) is -4.23. The van der Waals surface area contributed by atoms with Gasteiger partial charge >= 0.3 is 6.18 Å². The van der Waals surface area contributed by atoms with Crippen LogP contribution in [0.15, 0.2) is 41.4 Å². The summed E-state index contributed by atoms with van der Waals surface area (Å²) in [5, 5.41) is -0.186. The summed E-state index contributed by atoms with van der Waals surface area (Å²) in [6, 6.07) is 5.68. The van der Waals surface area contributed by atoms with E-state index in [0.29, 0.717) is 5.56 Å². The van der Waals surface area contributed by atoms with Crippen LogP contribution in [0.3, 0.4) is 0 Å². The van der Waals surface area contributed by atoms with Crippen molar-refractivity contribution in [2.75, 3.05) is 0 Å². The summed E-state index contributed by atoms with van der Waals surface area (Å²) in [6.07, 6.45) is -3.30. The average molecular weight is 439 g/mol. The lowest BCUT2D eigenvalue weighted by Crippen LogP contribution is -2.32. The highest BCUT2D eigenvalue weighted by Crippen LogP contribution is 2.48. The van der Waals surface area contributed by atoms with Crippen LogP contribution in [-0.4, -0.2) is 19.3 Å². The topological polar surface area (TPSA) is 76.1 Å². The number of nitrogens with one attached hydrogen (secondary N) is 1. The van der Waals surface area contributed by atoms with E-state index in [0.717, 1.165) is 24.4 Å². The molecule has 11 heteroatoms. The fourth-order valence-corrected chi connectivity index (χ4v) is 3.95. The second-order valence-corrected chi connectivity index (χ2v) is 8.43. The van der Waals surface area contributed by atoms with Crippen LogP contribution in [0.5, 0.6) is 0 Å². The number of carbonyl (C=O) groups excluding carboxylic acids is 1. The number of pyridine rings is 1. The fraction of sp³-hybridized carbons (Fsp3) is 0.250. The molecule has 27 heavy (non-hydrogen) atoms. The number of carbonyl (C=O) groups is 1. The van der Waals surface area contributed by atoms with Crippen molar-refractivity contribution >= 4 is 39.1 Å². The molecule has 0 aliphatic heterocycles. The van der Waals surface area contributed by atoms with Crippen LogP contribution in [0.1, 0.15) is 23.5 Å². The lowest BCUT2D eigenvalue weighted by atomic mass is 10.1. The molecule has 1 aromatic heterocycles. The first-order chi connectivity index (χ1) is 12.5. The quantitative estimate of drug-likeness (QED) is 0.731. The number of nitrogens with zero attached hydrogens (tertiary/aromatic N) is 1. The van der Waals surface area contributed by atoms with Crippen LogP contribution >= 0.6 is 23.2 Å². The zero-order valence-electron chi connectivity index (χ0n) is 13.3. The van der Waals surface area contributed by atoms with E-state index in [2.05, 4.69) is 4.98 Å².